The van der Waals surface area contributed by atoms with Crippen LogP contribution >= 0.6 is 11.6 Å². The molecule has 0 aliphatic heterocycles. The summed E-state index contributed by atoms with van der Waals surface area (Å²) in [5, 5.41) is 29.9. The highest BCUT2D eigenvalue weighted by Gasteiger charge is 2.31. The molecule has 136 valence electrons. The van der Waals surface area contributed by atoms with E-state index in [0.29, 0.717) is 0 Å². The molecular weight excluding hydrogens is 374 g/mol. The van der Waals surface area contributed by atoms with Crippen LogP contribution in [0, 0.1) is 0 Å². The van der Waals surface area contributed by atoms with Crippen LogP contribution in [0.25, 0.3) is 0 Å². The van der Waals surface area contributed by atoms with Crippen molar-refractivity contribution in [1.29, 1.82) is 0 Å². The molecule has 0 saturated carbocycles. The van der Waals surface area contributed by atoms with Crippen LogP contribution in [0.5, 0.6) is 0 Å². The van der Waals surface area contributed by atoms with E-state index < -0.39 is 12.2 Å². The summed E-state index contributed by atoms with van der Waals surface area (Å²) in [6, 6.07) is 16.1. The number of halogens is 1. The lowest BCUT2D eigenvalue weighted by Crippen LogP contribution is -2.31. The Bertz CT molecular complexity index is 972. The van der Waals surface area contributed by atoms with Gasteiger partial charge in [0, 0.05) is 0 Å². The second-order valence-corrected chi connectivity index (χ2v) is 5.52. The minimum absolute atomic E-state index is 0.225. The summed E-state index contributed by atoms with van der Waals surface area (Å²) in [4.78, 5) is 25.5. The number of aromatic nitrogens is 3. The zero-order valence-corrected chi connectivity index (χ0v) is 14.4. The topological polar surface area (TPSA) is 120 Å². The first-order chi connectivity index (χ1) is 13.0. The number of anilines is 4. The van der Waals surface area contributed by atoms with Gasteiger partial charge >= 0.3 is 12.2 Å². The quantitative estimate of drug-likeness (QED) is 0.691. The van der Waals surface area contributed by atoms with E-state index in [-0.39, 0.29) is 28.0 Å². The zero-order valence-electron chi connectivity index (χ0n) is 13.6. The molecule has 0 atom stereocenters. The lowest BCUT2D eigenvalue weighted by molar-refractivity contribution is 0.202. The number of rotatable bonds is 4. The molecule has 0 bridgehead atoms. The molecule has 9 nitrogen and oxygen atoms in total. The first-order valence-electron chi connectivity index (χ1n) is 7.55. The fourth-order valence-corrected chi connectivity index (χ4v) is 2.65. The zero-order chi connectivity index (χ0) is 19.4. The Labute approximate surface area is 158 Å². The molecule has 1 heterocycles. The van der Waals surface area contributed by atoms with Crippen molar-refractivity contribution in [1.82, 2.24) is 15.4 Å². The van der Waals surface area contributed by atoms with Gasteiger partial charge in [0.2, 0.25) is 0 Å². The van der Waals surface area contributed by atoms with Crippen molar-refractivity contribution in [2.24, 2.45) is 0 Å². The standard InChI is InChI=1S/C17H12ClN5O4/c18-14-13(22(16(24)25)11-7-3-1-4-8-11)15(20-21-19-14)23(17(26)27)12-9-5-2-6-10-12/h1-10H,(H,24,25)(H,26,27). The average Bonchev–Trinajstić information content (AvgIpc) is 2.65. The van der Waals surface area contributed by atoms with Gasteiger partial charge in [0.25, 0.3) is 0 Å². The summed E-state index contributed by atoms with van der Waals surface area (Å²) < 4.78 is 0. The number of carboxylic acid groups (broad SMARTS) is 2. The van der Waals surface area contributed by atoms with E-state index in [2.05, 4.69) is 15.4 Å². The third-order valence-electron chi connectivity index (χ3n) is 3.53. The van der Waals surface area contributed by atoms with Crippen molar-refractivity contribution in [2.45, 2.75) is 0 Å². The van der Waals surface area contributed by atoms with Crippen molar-refractivity contribution < 1.29 is 19.8 Å². The van der Waals surface area contributed by atoms with Gasteiger partial charge in [-0.25, -0.2) is 19.4 Å². The fraction of sp³-hybridized carbons (Fsp3) is 0. The molecule has 0 aliphatic carbocycles. The Kier molecular flexibility index (Phi) is 5.13. The normalized spacial score (nSPS) is 10.3. The van der Waals surface area contributed by atoms with Crippen LogP contribution in [0.1, 0.15) is 0 Å². The van der Waals surface area contributed by atoms with Crippen LogP contribution in [-0.4, -0.2) is 37.8 Å². The molecule has 0 saturated heterocycles. The minimum Gasteiger partial charge on any atom is -0.464 e. The predicted octanol–water partition coefficient (Wildman–Crippen LogP) is 4.16. The minimum atomic E-state index is -1.39. The van der Waals surface area contributed by atoms with Gasteiger partial charge in [-0.3, -0.25) is 0 Å². The second kappa shape index (κ2) is 7.67. The maximum Gasteiger partial charge on any atom is 0.417 e. The molecule has 0 radical (unpaired) electrons. The Morgan fingerprint density at radius 3 is 1.74 bits per heavy atom. The van der Waals surface area contributed by atoms with Crippen LogP contribution in [0.2, 0.25) is 5.15 Å². The first-order valence-corrected chi connectivity index (χ1v) is 7.93. The van der Waals surface area contributed by atoms with E-state index in [9.17, 15) is 19.8 Å². The third-order valence-corrected chi connectivity index (χ3v) is 3.78. The summed E-state index contributed by atoms with van der Waals surface area (Å²) in [5.41, 5.74) is 0.249. The maximum absolute atomic E-state index is 12.0. The van der Waals surface area contributed by atoms with Crippen LogP contribution < -0.4 is 9.80 Å². The largest absolute Gasteiger partial charge is 0.464 e. The molecule has 0 spiro atoms. The van der Waals surface area contributed by atoms with E-state index in [0.717, 1.165) is 9.80 Å². The van der Waals surface area contributed by atoms with Crippen LogP contribution in [0.4, 0.5) is 32.5 Å². The maximum atomic E-state index is 12.0. The number of para-hydroxylation sites is 2. The molecule has 3 aromatic rings. The average molecular weight is 386 g/mol. The van der Waals surface area contributed by atoms with Crippen LogP contribution in [-0.2, 0) is 0 Å². The van der Waals surface area contributed by atoms with Crippen molar-refractivity contribution >= 4 is 46.7 Å². The van der Waals surface area contributed by atoms with Gasteiger partial charge in [-0.05, 0) is 29.5 Å². The number of hydrogen-bond acceptors (Lipinski definition) is 5. The monoisotopic (exact) mass is 385 g/mol. The summed E-state index contributed by atoms with van der Waals surface area (Å²) in [7, 11) is 0. The van der Waals surface area contributed by atoms with Crippen molar-refractivity contribution in [2.75, 3.05) is 9.80 Å². The van der Waals surface area contributed by atoms with Gasteiger partial charge in [-0.15, -0.1) is 10.2 Å². The smallest absolute Gasteiger partial charge is 0.417 e. The van der Waals surface area contributed by atoms with E-state index in [4.69, 9.17) is 11.6 Å². The lowest BCUT2D eigenvalue weighted by Gasteiger charge is -2.25. The number of benzene rings is 2. The Balaban J connectivity index is 2.25. The summed E-state index contributed by atoms with van der Waals surface area (Å²) in [6.45, 7) is 0. The molecule has 2 aromatic carbocycles. The van der Waals surface area contributed by atoms with Crippen molar-refractivity contribution in [3.05, 3.63) is 65.8 Å². The molecule has 2 N–H and O–H groups in total. The van der Waals surface area contributed by atoms with Crippen LogP contribution in [0.3, 0.4) is 0 Å². The summed E-state index contributed by atoms with van der Waals surface area (Å²) >= 11 is 6.12. The van der Waals surface area contributed by atoms with Crippen molar-refractivity contribution in [3.63, 3.8) is 0 Å². The van der Waals surface area contributed by atoms with Gasteiger partial charge in [0.1, 0.15) is 5.69 Å². The predicted molar refractivity (Wildman–Crippen MR) is 98.0 cm³/mol. The number of nitrogens with zero attached hydrogens (tertiary/aromatic N) is 5. The highest BCUT2D eigenvalue weighted by atomic mass is 35.5. The van der Waals surface area contributed by atoms with E-state index in [1.165, 1.54) is 24.3 Å². The number of amides is 2. The van der Waals surface area contributed by atoms with Gasteiger partial charge in [-0.1, -0.05) is 48.0 Å². The summed E-state index contributed by atoms with van der Waals surface area (Å²) in [6.07, 6.45) is -2.78. The molecular formula is C17H12ClN5O4. The highest BCUT2D eigenvalue weighted by molar-refractivity contribution is 6.33. The molecule has 0 aliphatic rings. The van der Waals surface area contributed by atoms with E-state index in [1.807, 2.05) is 0 Å². The first kappa shape index (κ1) is 18.1. The van der Waals surface area contributed by atoms with Gasteiger partial charge in [0.15, 0.2) is 11.0 Å². The number of hydrogen-bond donors (Lipinski definition) is 2. The molecule has 3 rings (SSSR count). The third kappa shape index (κ3) is 3.62. The van der Waals surface area contributed by atoms with Crippen LogP contribution in [0.15, 0.2) is 60.7 Å². The van der Waals surface area contributed by atoms with Gasteiger partial charge in [0.05, 0.1) is 11.4 Å². The second-order valence-electron chi connectivity index (χ2n) is 5.16. The Morgan fingerprint density at radius 1 is 0.778 bits per heavy atom. The van der Waals surface area contributed by atoms with Gasteiger partial charge in [-0.2, -0.15) is 0 Å². The Morgan fingerprint density at radius 2 is 1.26 bits per heavy atom. The van der Waals surface area contributed by atoms with E-state index in [1.54, 1.807) is 36.4 Å². The SMILES string of the molecule is O=C(O)N(c1ccccc1)c1nnnc(Cl)c1N(C(=O)O)c1ccccc1. The molecule has 10 heteroatoms. The van der Waals surface area contributed by atoms with Gasteiger partial charge < -0.3 is 10.2 Å². The molecule has 0 unspecified atom stereocenters. The molecule has 1 aromatic heterocycles. The molecule has 27 heavy (non-hydrogen) atoms. The molecule has 0 fully saturated rings. The summed E-state index contributed by atoms with van der Waals surface area (Å²) in [5.74, 6) is -0.292. The van der Waals surface area contributed by atoms with E-state index >= 15 is 0 Å². The lowest BCUT2D eigenvalue weighted by atomic mass is 10.2. The molecule has 2 amide bonds. The highest BCUT2D eigenvalue weighted by Crippen LogP contribution is 2.39. The fourth-order valence-electron chi connectivity index (χ4n) is 2.45. The number of carbonyl (C=O) groups is 2. The Hall–Kier alpha value is -3.72. The van der Waals surface area contributed by atoms with Crippen molar-refractivity contribution in [3.8, 4) is 0 Å².